The normalized spacial score (nSPS) is 13.9. The number of rotatable bonds is 7. The van der Waals surface area contributed by atoms with E-state index in [1.807, 2.05) is 43.3 Å². The zero-order valence-corrected chi connectivity index (χ0v) is 19.9. The maximum Gasteiger partial charge on any atom is 0.159 e. The number of ether oxygens (including phenoxy) is 1. The fourth-order valence-corrected chi connectivity index (χ4v) is 4.20. The van der Waals surface area contributed by atoms with Gasteiger partial charge in [-0.05, 0) is 68.2 Å². The number of hydrogen-bond donors (Lipinski definition) is 1. The summed E-state index contributed by atoms with van der Waals surface area (Å²) in [6.45, 7) is 3.90. The van der Waals surface area contributed by atoms with Gasteiger partial charge in [-0.1, -0.05) is 17.3 Å². The number of nitrogens with zero attached hydrogens (tertiary/aromatic N) is 4. The van der Waals surface area contributed by atoms with Crippen molar-refractivity contribution >= 4 is 17.2 Å². The van der Waals surface area contributed by atoms with E-state index in [2.05, 4.69) is 32.5 Å². The van der Waals surface area contributed by atoms with Gasteiger partial charge in [0, 0.05) is 36.2 Å². The molecule has 0 aliphatic carbocycles. The number of halogens is 1. The van der Waals surface area contributed by atoms with Crippen LogP contribution in [-0.4, -0.2) is 55.4 Å². The Morgan fingerprint density at radius 2 is 1.71 bits per heavy atom. The molecule has 0 atom stereocenters. The molecule has 0 saturated carbocycles. The second-order valence-corrected chi connectivity index (χ2v) is 8.78. The van der Waals surface area contributed by atoms with E-state index in [1.165, 1.54) is 17.8 Å². The van der Waals surface area contributed by atoms with Crippen LogP contribution in [0.3, 0.4) is 0 Å². The smallest absolute Gasteiger partial charge is 0.159 e. The topological polar surface area (TPSA) is 66.7 Å². The standard InChI is InChI=1S/C27H28FN5O2/c1-32(2)18-24-26(19-3-5-21(28)6-4-19)27(31-35-24)20-11-12-29-25(17-20)30-22-7-9-23(10-8-22)33-13-15-34-16-14-33/h3-12,17H,13-16,18H2,1-2H3,(H,29,30). The summed E-state index contributed by atoms with van der Waals surface area (Å²) in [5, 5.41) is 7.76. The van der Waals surface area contributed by atoms with Crippen LogP contribution in [0.2, 0.25) is 0 Å². The fourth-order valence-electron chi connectivity index (χ4n) is 4.20. The molecule has 0 bridgehead atoms. The molecule has 2 aromatic carbocycles. The third-order valence-corrected chi connectivity index (χ3v) is 5.90. The first-order chi connectivity index (χ1) is 17.1. The van der Waals surface area contributed by atoms with Gasteiger partial charge in [-0.25, -0.2) is 9.37 Å². The largest absolute Gasteiger partial charge is 0.378 e. The monoisotopic (exact) mass is 473 g/mol. The predicted octanol–water partition coefficient (Wildman–Crippen LogP) is 5.18. The van der Waals surface area contributed by atoms with Crippen LogP contribution in [0.5, 0.6) is 0 Å². The predicted molar refractivity (Wildman–Crippen MR) is 135 cm³/mol. The van der Waals surface area contributed by atoms with Crippen LogP contribution in [0.15, 0.2) is 71.4 Å². The molecule has 1 fully saturated rings. The number of aromatic nitrogens is 2. The van der Waals surface area contributed by atoms with Crippen molar-refractivity contribution in [3.8, 4) is 22.4 Å². The molecular formula is C27H28FN5O2. The van der Waals surface area contributed by atoms with Crippen molar-refractivity contribution in [2.45, 2.75) is 6.54 Å². The van der Waals surface area contributed by atoms with Crippen LogP contribution in [0, 0.1) is 5.82 Å². The Hall–Kier alpha value is -3.75. The number of benzene rings is 2. The minimum atomic E-state index is -0.282. The minimum absolute atomic E-state index is 0.282. The summed E-state index contributed by atoms with van der Waals surface area (Å²) < 4.78 is 24.8. The van der Waals surface area contributed by atoms with Crippen LogP contribution in [-0.2, 0) is 11.3 Å². The first-order valence-corrected chi connectivity index (χ1v) is 11.6. The van der Waals surface area contributed by atoms with Crippen LogP contribution >= 0.6 is 0 Å². The maximum atomic E-state index is 13.6. The van der Waals surface area contributed by atoms with Gasteiger partial charge in [-0.3, -0.25) is 0 Å². The maximum absolute atomic E-state index is 13.6. The molecule has 35 heavy (non-hydrogen) atoms. The first kappa shape index (κ1) is 23.0. The number of anilines is 3. The first-order valence-electron chi connectivity index (χ1n) is 11.6. The van der Waals surface area contributed by atoms with Crippen molar-refractivity contribution in [3.63, 3.8) is 0 Å². The highest BCUT2D eigenvalue weighted by Gasteiger charge is 2.20. The summed E-state index contributed by atoms with van der Waals surface area (Å²) in [6, 6.07) is 18.6. The second-order valence-electron chi connectivity index (χ2n) is 8.78. The van der Waals surface area contributed by atoms with E-state index in [4.69, 9.17) is 9.26 Å². The Bertz CT molecular complexity index is 1270. The number of morpholine rings is 1. The van der Waals surface area contributed by atoms with E-state index in [1.54, 1.807) is 18.3 Å². The summed E-state index contributed by atoms with van der Waals surface area (Å²) in [6.07, 6.45) is 1.74. The summed E-state index contributed by atoms with van der Waals surface area (Å²) in [5.41, 5.74) is 5.39. The molecule has 180 valence electrons. The summed E-state index contributed by atoms with van der Waals surface area (Å²) in [5.74, 6) is 1.14. The zero-order chi connectivity index (χ0) is 24.2. The molecule has 0 unspecified atom stereocenters. The van der Waals surface area contributed by atoms with Gasteiger partial charge < -0.3 is 24.4 Å². The lowest BCUT2D eigenvalue weighted by Gasteiger charge is -2.28. The minimum Gasteiger partial charge on any atom is -0.378 e. The lowest BCUT2D eigenvalue weighted by atomic mass is 9.99. The van der Waals surface area contributed by atoms with Gasteiger partial charge in [0.1, 0.15) is 17.3 Å². The van der Waals surface area contributed by atoms with Crippen molar-refractivity contribution in [3.05, 3.63) is 78.4 Å². The Labute approximate surface area is 204 Å². The van der Waals surface area contributed by atoms with Gasteiger partial charge in [0.2, 0.25) is 0 Å². The van der Waals surface area contributed by atoms with Crippen molar-refractivity contribution in [2.24, 2.45) is 0 Å². The van der Waals surface area contributed by atoms with Gasteiger partial charge in [0.15, 0.2) is 5.76 Å². The highest BCUT2D eigenvalue weighted by atomic mass is 19.1. The molecule has 0 amide bonds. The van der Waals surface area contributed by atoms with Gasteiger partial charge >= 0.3 is 0 Å². The number of hydrogen-bond acceptors (Lipinski definition) is 7. The molecule has 1 aliphatic heterocycles. The van der Waals surface area contributed by atoms with Gasteiger partial charge in [-0.15, -0.1) is 0 Å². The van der Waals surface area contributed by atoms with Crippen LogP contribution < -0.4 is 10.2 Å². The second kappa shape index (κ2) is 10.2. The Morgan fingerprint density at radius 3 is 2.43 bits per heavy atom. The average Bonchev–Trinajstić information content (AvgIpc) is 3.28. The summed E-state index contributed by atoms with van der Waals surface area (Å²) >= 11 is 0. The summed E-state index contributed by atoms with van der Waals surface area (Å²) in [4.78, 5) is 8.82. The van der Waals surface area contributed by atoms with Crippen molar-refractivity contribution < 1.29 is 13.7 Å². The molecule has 0 spiro atoms. The quantitative estimate of drug-likeness (QED) is 0.396. The van der Waals surface area contributed by atoms with E-state index in [0.717, 1.165) is 54.4 Å². The molecule has 0 radical (unpaired) electrons. The molecule has 1 N–H and O–H groups in total. The molecule has 2 aromatic heterocycles. The summed E-state index contributed by atoms with van der Waals surface area (Å²) in [7, 11) is 3.94. The molecule has 7 nitrogen and oxygen atoms in total. The number of pyridine rings is 1. The molecule has 1 aliphatic rings. The van der Waals surface area contributed by atoms with Crippen LogP contribution in [0.25, 0.3) is 22.4 Å². The lowest BCUT2D eigenvalue weighted by Crippen LogP contribution is -2.36. The van der Waals surface area contributed by atoms with E-state index < -0.39 is 0 Å². The Balaban J connectivity index is 1.41. The van der Waals surface area contributed by atoms with Crippen molar-refractivity contribution in [1.82, 2.24) is 15.0 Å². The van der Waals surface area contributed by atoms with Crippen LogP contribution in [0.4, 0.5) is 21.6 Å². The lowest BCUT2D eigenvalue weighted by molar-refractivity contribution is 0.122. The molecule has 5 rings (SSSR count). The molecule has 1 saturated heterocycles. The van der Waals surface area contributed by atoms with E-state index in [-0.39, 0.29) is 5.82 Å². The van der Waals surface area contributed by atoms with Crippen molar-refractivity contribution in [1.29, 1.82) is 0 Å². The highest BCUT2D eigenvalue weighted by Crippen LogP contribution is 2.36. The van der Waals surface area contributed by atoms with E-state index in [0.29, 0.717) is 18.1 Å². The third-order valence-electron chi connectivity index (χ3n) is 5.90. The average molecular weight is 474 g/mol. The molecule has 4 aromatic rings. The Kier molecular flexibility index (Phi) is 6.74. The van der Waals surface area contributed by atoms with Gasteiger partial charge in [0.25, 0.3) is 0 Å². The number of nitrogens with one attached hydrogen (secondary N) is 1. The zero-order valence-electron chi connectivity index (χ0n) is 19.9. The van der Waals surface area contributed by atoms with Crippen molar-refractivity contribution in [2.75, 3.05) is 50.6 Å². The molecule has 3 heterocycles. The Morgan fingerprint density at radius 1 is 0.971 bits per heavy atom. The van der Waals surface area contributed by atoms with E-state index in [9.17, 15) is 4.39 Å². The fraction of sp³-hybridized carbons (Fsp3) is 0.259. The van der Waals surface area contributed by atoms with E-state index >= 15 is 0 Å². The SMILES string of the molecule is CN(C)Cc1onc(-c2ccnc(Nc3ccc(N4CCOCC4)cc3)c2)c1-c1ccc(F)cc1. The molecule has 8 heteroatoms. The third kappa shape index (κ3) is 5.34. The highest BCUT2D eigenvalue weighted by molar-refractivity contribution is 5.83. The van der Waals surface area contributed by atoms with Gasteiger partial charge in [0.05, 0.1) is 25.3 Å². The van der Waals surface area contributed by atoms with Gasteiger partial charge in [-0.2, -0.15) is 0 Å². The molecular weight excluding hydrogens is 445 g/mol. The van der Waals surface area contributed by atoms with Crippen LogP contribution in [0.1, 0.15) is 5.76 Å².